The summed E-state index contributed by atoms with van der Waals surface area (Å²) in [7, 11) is 1.00. The summed E-state index contributed by atoms with van der Waals surface area (Å²) < 4.78 is 120. The first kappa shape index (κ1) is 62.3. The number of ether oxygens (including phenoxy) is 6. The average molecular weight is 1150 g/mol. The third-order valence-electron chi connectivity index (χ3n) is 18.2. The summed E-state index contributed by atoms with van der Waals surface area (Å²) in [5.41, 5.74) is 5.77. The van der Waals surface area contributed by atoms with Crippen molar-refractivity contribution in [3.05, 3.63) is 56.9 Å². The predicted molar refractivity (Wildman–Crippen MR) is 287 cm³/mol. The smallest absolute Gasteiger partial charge is 0.359 e. The number of hydrogen-bond donors (Lipinski definition) is 1. The number of aromatic nitrogens is 6. The van der Waals surface area contributed by atoms with Gasteiger partial charge in [-0.3, -0.25) is 14.0 Å². The number of carbonyl (C=O) groups is 3. The maximum atomic E-state index is 13.9. The highest BCUT2D eigenvalue weighted by Crippen LogP contribution is 2.52. The van der Waals surface area contributed by atoms with E-state index in [4.69, 9.17) is 33.5 Å². The second-order valence-corrected chi connectivity index (χ2v) is 23.8. The van der Waals surface area contributed by atoms with Gasteiger partial charge in [0.1, 0.15) is 19.6 Å². The number of hydrogen-bond acceptors (Lipinski definition) is 13. The van der Waals surface area contributed by atoms with Gasteiger partial charge in [0.25, 0.3) is 17.8 Å². The standard InChI is InChI=1S/2C19H26F2N2O3.C19H24F2N2O3.CH4O.CH4/c3*1-2-26-17(24)16-15(14-10-19(20,21)11-23(14)22-16)13-4-7-18(8-5-13)6-3-9-25-12-18;1-2;/h2*13H,2-12H2,1H3;4H,2-3,5-12H2,1H3;2H,1H3;1H4. The summed E-state index contributed by atoms with van der Waals surface area (Å²) in [6.07, 6.45) is 18.0. The van der Waals surface area contributed by atoms with E-state index in [1.807, 2.05) is 0 Å². The molecular weight excluding hydrogens is 1070 g/mol. The van der Waals surface area contributed by atoms with E-state index in [1.165, 1.54) is 26.9 Å². The van der Waals surface area contributed by atoms with Gasteiger partial charge in [-0.15, -0.1) is 0 Å². The summed E-state index contributed by atoms with van der Waals surface area (Å²) >= 11 is 0. The minimum Gasteiger partial charge on any atom is -0.461 e. The van der Waals surface area contributed by atoms with Crippen LogP contribution in [0.4, 0.5) is 26.3 Å². The largest absolute Gasteiger partial charge is 0.461 e. The number of halogens is 6. The first-order valence-electron chi connectivity index (χ1n) is 29.1. The highest BCUT2D eigenvalue weighted by atomic mass is 19.3. The molecule has 3 aliphatic carbocycles. The lowest BCUT2D eigenvalue weighted by Crippen LogP contribution is -2.35. The molecule has 1 N–H and O–H groups in total. The van der Waals surface area contributed by atoms with Crippen LogP contribution in [0.15, 0.2) is 6.08 Å². The third kappa shape index (κ3) is 13.6. The maximum Gasteiger partial charge on any atom is 0.359 e. The molecule has 1 unspecified atom stereocenters. The van der Waals surface area contributed by atoms with E-state index in [0.29, 0.717) is 33.8 Å². The van der Waals surface area contributed by atoms with Gasteiger partial charge in [-0.25, -0.2) is 40.7 Å². The highest BCUT2D eigenvalue weighted by Gasteiger charge is 2.49. The van der Waals surface area contributed by atoms with Gasteiger partial charge in [0.05, 0.1) is 64.6 Å². The second kappa shape index (κ2) is 25.6. The van der Waals surface area contributed by atoms with Crippen LogP contribution in [0.3, 0.4) is 0 Å². The Labute approximate surface area is 471 Å². The van der Waals surface area contributed by atoms with Crippen LogP contribution in [-0.2, 0) is 67.3 Å². The number of alkyl halides is 6. The number of aliphatic hydroxyl groups excluding tert-OH is 1. The summed E-state index contributed by atoms with van der Waals surface area (Å²) in [6, 6.07) is 0. The monoisotopic (exact) mass is 1150 g/mol. The number of fused-ring (bicyclic) bond motifs is 3. The van der Waals surface area contributed by atoms with E-state index in [2.05, 4.69) is 21.4 Å². The minimum atomic E-state index is -2.81. The SMILES string of the molecule is C.CCOC(=O)c1nn2c(c1C1=CCC3(CCCOC3)CC1)CC(F)(F)C2.CCOC(=O)c1nn2c(c1C1CCC3(CCCOC3)CC1)CC(F)(F)C2.CCOC(=O)c1nn2c(c1C1CCC3(CCCOC3)CC1)CC(F)(F)C2.CO. The van der Waals surface area contributed by atoms with Crippen molar-refractivity contribution < 1.29 is 74.3 Å². The maximum absolute atomic E-state index is 13.9. The van der Waals surface area contributed by atoms with Gasteiger partial charge in [-0.2, -0.15) is 15.3 Å². The Kier molecular flexibility index (Phi) is 19.7. The zero-order valence-corrected chi connectivity index (χ0v) is 46.9. The highest BCUT2D eigenvalue weighted by molar-refractivity contribution is 5.94. The fourth-order valence-electron chi connectivity index (χ4n) is 14.3. The lowest BCUT2D eigenvalue weighted by atomic mass is 9.66. The lowest BCUT2D eigenvalue weighted by molar-refractivity contribution is -0.0309. The summed E-state index contributed by atoms with van der Waals surface area (Å²) in [4.78, 5) is 37.1. The average Bonchev–Trinajstić information content (AvgIpc) is 4.42. The quantitative estimate of drug-likeness (QED) is 0.122. The fourth-order valence-corrected chi connectivity index (χ4v) is 14.3. The molecule has 0 amide bonds. The number of carbonyl (C=O) groups excluding carboxylic acids is 3. The number of esters is 3. The Morgan fingerprint density at radius 2 is 0.901 bits per heavy atom. The molecule has 12 rings (SSSR count). The number of rotatable bonds is 9. The Hall–Kier alpha value is -4.80. The Balaban J connectivity index is 0.000000156. The number of aliphatic hydroxyl groups is 1. The normalized spacial score (nSPS) is 28.3. The van der Waals surface area contributed by atoms with Gasteiger partial charge in [0.2, 0.25) is 0 Å². The van der Waals surface area contributed by atoms with Gasteiger partial charge in [-0.05, 0) is 164 Å². The van der Waals surface area contributed by atoms with Crippen molar-refractivity contribution in [2.24, 2.45) is 16.2 Å². The van der Waals surface area contributed by atoms with E-state index in [1.54, 1.807) is 20.8 Å². The molecule has 9 aliphatic rings. The zero-order valence-electron chi connectivity index (χ0n) is 46.9. The molecule has 0 bridgehead atoms. The van der Waals surface area contributed by atoms with Crippen LogP contribution in [0.1, 0.15) is 214 Å². The van der Waals surface area contributed by atoms with Gasteiger partial charge >= 0.3 is 17.9 Å². The van der Waals surface area contributed by atoms with Crippen LogP contribution >= 0.6 is 0 Å². The van der Waals surface area contributed by atoms with Crippen LogP contribution < -0.4 is 0 Å². The molecule has 81 heavy (non-hydrogen) atoms. The van der Waals surface area contributed by atoms with Crippen molar-refractivity contribution in [1.82, 2.24) is 29.3 Å². The molecule has 5 fully saturated rings. The minimum absolute atomic E-state index is 0. The Morgan fingerprint density at radius 1 is 0.543 bits per heavy atom. The van der Waals surface area contributed by atoms with Crippen molar-refractivity contribution in [1.29, 1.82) is 0 Å². The zero-order chi connectivity index (χ0) is 57.1. The molecule has 16 nitrogen and oxygen atoms in total. The fraction of sp³-hybridized carbons (Fsp3) is 0.763. The number of allylic oxidation sites excluding steroid dienone is 2. The lowest BCUT2D eigenvalue weighted by Gasteiger charge is -2.42. The van der Waals surface area contributed by atoms with Crippen molar-refractivity contribution in [2.45, 2.75) is 206 Å². The third-order valence-corrected chi connectivity index (χ3v) is 18.2. The Bertz CT molecular complexity index is 2580. The van der Waals surface area contributed by atoms with Gasteiger partial charge < -0.3 is 33.5 Å². The van der Waals surface area contributed by atoms with E-state index in [0.717, 1.165) is 149 Å². The topological polar surface area (TPSA) is 180 Å². The van der Waals surface area contributed by atoms with Crippen molar-refractivity contribution in [3.8, 4) is 0 Å². The summed E-state index contributed by atoms with van der Waals surface area (Å²) in [5, 5.41) is 19.6. The second-order valence-electron chi connectivity index (χ2n) is 23.8. The van der Waals surface area contributed by atoms with Gasteiger partial charge in [0.15, 0.2) is 17.1 Å². The van der Waals surface area contributed by atoms with E-state index >= 15 is 0 Å². The molecular formula is C59H84F6N6O10. The van der Waals surface area contributed by atoms with Crippen LogP contribution in [-0.4, -0.2) is 137 Å². The van der Waals surface area contributed by atoms with E-state index in [9.17, 15) is 40.7 Å². The van der Waals surface area contributed by atoms with Gasteiger partial charge in [-0.1, -0.05) is 13.5 Å². The molecule has 452 valence electrons. The summed E-state index contributed by atoms with van der Waals surface area (Å²) in [5.74, 6) is -9.69. The van der Waals surface area contributed by atoms with Gasteiger partial charge in [0, 0.05) is 55.0 Å². The van der Waals surface area contributed by atoms with Crippen molar-refractivity contribution in [3.63, 3.8) is 0 Å². The van der Waals surface area contributed by atoms with E-state index in [-0.39, 0.29) is 91.7 Å². The molecule has 22 heteroatoms. The molecule has 9 heterocycles. The first-order chi connectivity index (χ1) is 38.3. The molecule has 3 spiro atoms. The van der Waals surface area contributed by atoms with Crippen LogP contribution in [0.25, 0.3) is 5.57 Å². The molecule has 0 aromatic carbocycles. The van der Waals surface area contributed by atoms with Crippen molar-refractivity contribution >= 4 is 23.5 Å². The van der Waals surface area contributed by atoms with Crippen LogP contribution in [0.5, 0.6) is 0 Å². The van der Waals surface area contributed by atoms with Crippen molar-refractivity contribution in [2.75, 3.05) is 66.6 Å². The van der Waals surface area contributed by atoms with E-state index < -0.39 is 55.3 Å². The first-order valence-corrected chi connectivity index (χ1v) is 29.1. The summed E-state index contributed by atoms with van der Waals surface area (Å²) in [6.45, 7) is 9.42. The Morgan fingerprint density at radius 3 is 1.26 bits per heavy atom. The predicted octanol–water partition coefficient (Wildman–Crippen LogP) is 11.3. The molecule has 6 aliphatic heterocycles. The molecule has 0 radical (unpaired) electrons. The number of nitrogens with zero attached hydrogens (tertiary/aromatic N) is 6. The molecule has 2 saturated carbocycles. The molecule has 3 aromatic rings. The molecule has 3 saturated heterocycles. The molecule has 3 aromatic heterocycles. The van der Waals surface area contributed by atoms with Crippen LogP contribution in [0.2, 0.25) is 0 Å². The van der Waals surface area contributed by atoms with Crippen LogP contribution in [0, 0.1) is 16.2 Å². The molecule has 1 atom stereocenters.